The Bertz CT molecular complexity index is 387. The minimum atomic E-state index is -4.33. The van der Waals surface area contributed by atoms with Gasteiger partial charge in [0, 0.05) is 0 Å². The van der Waals surface area contributed by atoms with Crippen molar-refractivity contribution in [3.63, 3.8) is 0 Å². The van der Waals surface area contributed by atoms with Crippen LogP contribution < -0.4 is 0 Å². The van der Waals surface area contributed by atoms with Gasteiger partial charge in [-0.3, -0.25) is 0 Å². The molecular formula is C9H8BrF3O2S. The summed E-state index contributed by atoms with van der Waals surface area (Å²) in [5, 5.41) is 0. The zero-order valence-corrected chi connectivity index (χ0v) is 10.6. The van der Waals surface area contributed by atoms with Crippen LogP contribution in [0.25, 0.3) is 0 Å². The number of hydrogen-bond donors (Lipinski definition) is 0. The highest BCUT2D eigenvalue weighted by Gasteiger charge is 2.31. The number of halogens is 4. The van der Waals surface area contributed by atoms with Crippen molar-refractivity contribution in [2.75, 3.05) is 6.61 Å². The monoisotopic (exact) mass is 316 g/mol. The zero-order valence-electron chi connectivity index (χ0n) is 8.23. The lowest BCUT2D eigenvalue weighted by atomic mass is 10.2. The molecule has 0 N–H and O–H groups in total. The Kier molecular flexibility index (Phi) is 4.37. The van der Waals surface area contributed by atoms with E-state index >= 15 is 0 Å². The van der Waals surface area contributed by atoms with Crippen LogP contribution in [0.3, 0.4) is 0 Å². The molecule has 1 rings (SSSR count). The Morgan fingerprint density at radius 2 is 2.19 bits per heavy atom. The highest BCUT2D eigenvalue weighted by atomic mass is 79.9. The Balaban J connectivity index is 2.96. The van der Waals surface area contributed by atoms with Crippen LogP contribution in [0.2, 0.25) is 0 Å². The summed E-state index contributed by atoms with van der Waals surface area (Å²) in [7, 11) is 0. The van der Waals surface area contributed by atoms with E-state index in [2.05, 4.69) is 20.7 Å². The number of carbonyl (C=O) groups excluding carboxylic acids is 1. The first-order valence-electron chi connectivity index (χ1n) is 4.35. The SMILES string of the molecule is CCOC(=O)c1sc(Br)cc1CC(F)(F)F. The number of hydrogen-bond acceptors (Lipinski definition) is 3. The highest BCUT2D eigenvalue weighted by Crippen LogP contribution is 2.32. The molecule has 2 nitrogen and oxygen atoms in total. The minimum Gasteiger partial charge on any atom is -0.462 e. The van der Waals surface area contributed by atoms with Gasteiger partial charge in [-0.25, -0.2) is 4.79 Å². The number of esters is 1. The van der Waals surface area contributed by atoms with Crippen LogP contribution >= 0.6 is 27.3 Å². The predicted octanol–water partition coefficient (Wildman–Crippen LogP) is 3.79. The van der Waals surface area contributed by atoms with Crippen molar-refractivity contribution in [2.45, 2.75) is 19.5 Å². The molecule has 0 aliphatic carbocycles. The number of rotatable bonds is 3. The van der Waals surface area contributed by atoms with Crippen molar-refractivity contribution in [1.29, 1.82) is 0 Å². The number of thiophene rings is 1. The fraction of sp³-hybridized carbons (Fsp3) is 0.444. The first-order chi connectivity index (χ1) is 7.33. The predicted molar refractivity (Wildman–Crippen MR) is 57.7 cm³/mol. The van der Waals surface area contributed by atoms with Gasteiger partial charge in [0.1, 0.15) is 4.88 Å². The third-order valence-electron chi connectivity index (χ3n) is 1.63. The zero-order chi connectivity index (χ0) is 12.3. The lowest BCUT2D eigenvalue weighted by Gasteiger charge is -2.06. The molecule has 16 heavy (non-hydrogen) atoms. The third-order valence-corrected chi connectivity index (χ3v) is 3.29. The van der Waals surface area contributed by atoms with E-state index in [0.717, 1.165) is 11.3 Å². The van der Waals surface area contributed by atoms with Gasteiger partial charge in [-0.2, -0.15) is 13.2 Å². The molecule has 0 aromatic carbocycles. The molecule has 1 aromatic heterocycles. The van der Waals surface area contributed by atoms with E-state index in [4.69, 9.17) is 0 Å². The first kappa shape index (κ1) is 13.5. The summed E-state index contributed by atoms with van der Waals surface area (Å²) >= 11 is 4.00. The maximum Gasteiger partial charge on any atom is 0.393 e. The van der Waals surface area contributed by atoms with E-state index in [9.17, 15) is 18.0 Å². The van der Waals surface area contributed by atoms with Crippen molar-refractivity contribution in [3.8, 4) is 0 Å². The largest absolute Gasteiger partial charge is 0.462 e. The van der Waals surface area contributed by atoms with Gasteiger partial charge in [0.15, 0.2) is 0 Å². The summed E-state index contributed by atoms with van der Waals surface area (Å²) in [6.07, 6.45) is -5.45. The summed E-state index contributed by atoms with van der Waals surface area (Å²) in [6.45, 7) is 1.74. The fourth-order valence-electron chi connectivity index (χ4n) is 1.11. The first-order valence-corrected chi connectivity index (χ1v) is 5.96. The van der Waals surface area contributed by atoms with Gasteiger partial charge in [0.2, 0.25) is 0 Å². The standard InChI is InChI=1S/C9H8BrF3O2S/c1-2-15-8(14)7-5(3-6(10)16-7)4-9(11,12)13/h3H,2,4H2,1H3. The van der Waals surface area contributed by atoms with E-state index in [1.165, 1.54) is 6.07 Å². The van der Waals surface area contributed by atoms with Crippen molar-refractivity contribution in [2.24, 2.45) is 0 Å². The molecule has 0 bridgehead atoms. The summed E-state index contributed by atoms with van der Waals surface area (Å²) in [5.74, 6) is -0.711. The second-order valence-corrected chi connectivity index (χ2v) is 5.35. The summed E-state index contributed by atoms with van der Waals surface area (Å²) in [5.41, 5.74) is -0.0529. The molecule has 0 saturated heterocycles. The minimum absolute atomic E-state index is 0.00560. The highest BCUT2D eigenvalue weighted by molar-refractivity contribution is 9.11. The van der Waals surface area contributed by atoms with Gasteiger partial charge in [-0.05, 0) is 34.5 Å². The van der Waals surface area contributed by atoms with Gasteiger partial charge in [-0.15, -0.1) is 11.3 Å². The normalized spacial score (nSPS) is 11.6. The van der Waals surface area contributed by atoms with E-state index < -0.39 is 18.6 Å². The molecule has 0 atom stereocenters. The second kappa shape index (κ2) is 5.18. The van der Waals surface area contributed by atoms with Crippen LogP contribution in [0.1, 0.15) is 22.2 Å². The van der Waals surface area contributed by atoms with Crippen LogP contribution in [0.4, 0.5) is 13.2 Å². The number of carbonyl (C=O) groups is 1. The molecule has 1 heterocycles. The summed E-state index contributed by atoms with van der Waals surface area (Å²) in [4.78, 5) is 11.4. The molecule has 0 saturated carbocycles. The molecule has 0 spiro atoms. The van der Waals surface area contributed by atoms with Gasteiger partial charge in [0.05, 0.1) is 16.8 Å². The van der Waals surface area contributed by atoms with Crippen LogP contribution in [0, 0.1) is 0 Å². The van der Waals surface area contributed by atoms with E-state index in [1.54, 1.807) is 6.92 Å². The molecule has 0 radical (unpaired) electrons. The van der Waals surface area contributed by atoms with Crippen molar-refractivity contribution >= 4 is 33.2 Å². The molecule has 0 unspecified atom stereocenters. The maximum absolute atomic E-state index is 12.2. The van der Waals surface area contributed by atoms with Crippen LogP contribution in [-0.4, -0.2) is 18.8 Å². The molecule has 1 aromatic rings. The molecule has 0 amide bonds. The molecule has 0 fully saturated rings. The molecule has 0 aliphatic heterocycles. The smallest absolute Gasteiger partial charge is 0.393 e. The van der Waals surface area contributed by atoms with Crippen molar-refractivity contribution < 1.29 is 22.7 Å². The second-order valence-electron chi connectivity index (χ2n) is 2.92. The molecule has 0 aliphatic rings. The average Bonchev–Trinajstić information content (AvgIpc) is 2.44. The van der Waals surface area contributed by atoms with Gasteiger partial charge >= 0.3 is 12.1 Å². The van der Waals surface area contributed by atoms with Gasteiger partial charge < -0.3 is 4.74 Å². The lowest BCUT2D eigenvalue weighted by molar-refractivity contribution is -0.127. The topological polar surface area (TPSA) is 26.3 Å². The Hall–Kier alpha value is -0.560. The molecular weight excluding hydrogens is 309 g/mol. The Morgan fingerprint density at radius 3 is 2.69 bits per heavy atom. The van der Waals surface area contributed by atoms with E-state index in [-0.39, 0.29) is 17.0 Å². The third kappa shape index (κ3) is 3.79. The van der Waals surface area contributed by atoms with E-state index in [1.807, 2.05) is 0 Å². The van der Waals surface area contributed by atoms with Crippen LogP contribution in [0.5, 0.6) is 0 Å². The molecule has 7 heteroatoms. The van der Waals surface area contributed by atoms with Crippen LogP contribution in [0.15, 0.2) is 9.85 Å². The maximum atomic E-state index is 12.2. The fourth-order valence-corrected chi connectivity index (χ4v) is 2.67. The number of alkyl halides is 3. The van der Waals surface area contributed by atoms with Crippen molar-refractivity contribution in [1.82, 2.24) is 0 Å². The van der Waals surface area contributed by atoms with Crippen LogP contribution in [-0.2, 0) is 11.2 Å². The summed E-state index contributed by atoms with van der Waals surface area (Å²) in [6, 6.07) is 1.30. The Labute approximate surface area is 103 Å². The Morgan fingerprint density at radius 1 is 1.56 bits per heavy atom. The number of ether oxygens (including phenoxy) is 1. The van der Waals surface area contributed by atoms with E-state index in [0.29, 0.717) is 3.79 Å². The quantitative estimate of drug-likeness (QED) is 0.793. The average molecular weight is 317 g/mol. The molecule has 90 valence electrons. The van der Waals surface area contributed by atoms with Crippen molar-refractivity contribution in [3.05, 3.63) is 20.3 Å². The van der Waals surface area contributed by atoms with Gasteiger partial charge in [-0.1, -0.05) is 0 Å². The van der Waals surface area contributed by atoms with Gasteiger partial charge in [0.25, 0.3) is 0 Å². The summed E-state index contributed by atoms with van der Waals surface area (Å²) < 4.78 is 41.8. The lowest BCUT2D eigenvalue weighted by Crippen LogP contribution is -2.14.